The van der Waals surface area contributed by atoms with Gasteiger partial charge in [0.2, 0.25) is 12.7 Å². The van der Waals surface area contributed by atoms with E-state index in [1.807, 2.05) is 18.2 Å². The summed E-state index contributed by atoms with van der Waals surface area (Å²) >= 11 is 0. The van der Waals surface area contributed by atoms with Crippen LogP contribution in [0, 0.1) is 5.92 Å². The van der Waals surface area contributed by atoms with Gasteiger partial charge >= 0.3 is 5.97 Å². The van der Waals surface area contributed by atoms with Crippen molar-refractivity contribution in [3.63, 3.8) is 0 Å². The average molecular weight is 331 g/mol. The summed E-state index contributed by atoms with van der Waals surface area (Å²) in [6, 6.07) is 5.53. The summed E-state index contributed by atoms with van der Waals surface area (Å²) in [6.45, 7) is 3.47. The highest BCUT2D eigenvalue weighted by atomic mass is 16.7. The number of nitrogens with zero attached hydrogens (tertiary/aromatic N) is 1. The number of ether oxygens (including phenoxy) is 3. The molecular formula is C18H21NO5. The average Bonchev–Trinajstić information content (AvgIpc) is 3.07. The van der Waals surface area contributed by atoms with E-state index in [1.54, 1.807) is 17.9 Å². The Balaban J connectivity index is 1.60. The van der Waals surface area contributed by atoms with Gasteiger partial charge in [0.15, 0.2) is 11.5 Å². The molecule has 0 saturated carbocycles. The van der Waals surface area contributed by atoms with Crippen molar-refractivity contribution in [1.29, 1.82) is 0 Å². The van der Waals surface area contributed by atoms with Gasteiger partial charge in [0, 0.05) is 19.2 Å². The maximum absolute atomic E-state index is 12.4. The Morgan fingerprint density at radius 1 is 1.33 bits per heavy atom. The van der Waals surface area contributed by atoms with Crippen LogP contribution in [0.3, 0.4) is 0 Å². The summed E-state index contributed by atoms with van der Waals surface area (Å²) in [5, 5.41) is 0. The van der Waals surface area contributed by atoms with Gasteiger partial charge in [-0.1, -0.05) is 6.07 Å². The molecule has 1 aromatic carbocycles. The lowest BCUT2D eigenvalue weighted by molar-refractivity contribution is -0.150. The maximum Gasteiger partial charge on any atom is 0.310 e. The Hall–Kier alpha value is -2.50. The number of carbonyl (C=O) groups is 2. The largest absolute Gasteiger partial charge is 0.466 e. The molecule has 1 amide bonds. The van der Waals surface area contributed by atoms with E-state index in [4.69, 9.17) is 14.2 Å². The first-order valence-corrected chi connectivity index (χ1v) is 8.20. The van der Waals surface area contributed by atoms with Crippen molar-refractivity contribution < 1.29 is 23.8 Å². The van der Waals surface area contributed by atoms with Gasteiger partial charge in [-0.3, -0.25) is 9.59 Å². The lowest BCUT2D eigenvalue weighted by Crippen LogP contribution is -2.42. The molecule has 0 aliphatic carbocycles. The lowest BCUT2D eigenvalue weighted by atomic mass is 9.98. The van der Waals surface area contributed by atoms with Crippen molar-refractivity contribution in [2.24, 2.45) is 5.92 Å². The Morgan fingerprint density at radius 3 is 3.00 bits per heavy atom. The van der Waals surface area contributed by atoms with Crippen molar-refractivity contribution in [3.05, 3.63) is 29.8 Å². The van der Waals surface area contributed by atoms with E-state index >= 15 is 0 Å². The fraction of sp³-hybridized carbons (Fsp3) is 0.444. The monoisotopic (exact) mass is 331 g/mol. The summed E-state index contributed by atoms with van der Waals surface area (Å²) in [5.41, 5.74) is 0.867. The van der Waals surface area contributed by atoms with Crippen molar-refractivity contribution in [2.45, 2.75) is 19.8 Å². The molecule has 0 spiro atoms. The van der Waals surface area contributed by atoms with Crippen LogP contribution in [0.2, 0.25) is 0 Å². The van der Waals surface area contributed by atoms with Crippen LogP contribution in [0.15, 0.2) is 24.3 Å². The molecule has 1 fully saturated rings. The fourth-order valence-corrected chi connectivity index (χ4v) is 2.92. The molecule has 0 radical (unpaired) electrons. The molecule has 1 aromatic rings. The molecule has 128 valence electrons. The second-order valence-corrected chi connectivity index (χ2v) is 5.82. The van der Waals surface area contributed by atoms with E-state index < -0.39 is 0 Å². The molecule has 2 aliphatic heterocycles. The molecule has 0 aromatic heterocycles. The van der Waals surface area contributed by atoms with Gasteiger partial charge in [-0.05, 0) is 43.5 Å². The van der Waals surface area contributed by atoms with Gasteiger partial charge in [0.05, 0.1) is 12.5 Å². The lowest BCUT2D eigenvalue weighted by Gasteiger charge is -2.30. The minimum atomic E-state index is -0.221. The van der Waals surface area contributed by atoms with Crippen LogP contribution >= 0.6 is 0 Å². The first kappa shape index (κ1) is 16.4. The van der Waals surface area contributed by atoms with Gasteiger partial charge in [-0.15, -0.1) is 0 Å². The Kier molecular flexibility index (Phi) is 5.03. The van der Waals surface area contributed by atoms with E-state index in [0.717, 1.165) is 18.4 Å². The van der Waals surface area contributed by atoms with Crippen molar-refractivity contribution in [3.8, 4) is 11.5 Å². The van der Waals surface area contributed by atoms with Crippen LogP contribution in [0.4, 0.5) is 0 Å². The fourth-order valence-electron chi connectivity index (χ4n) is 2.92. The highest BCUT2D eigenvalue weighted by molar-refractivity contribution is 5.92. The predicted molar refractivity (Wildman–Crippen MR) is 87.5 cm³/mol. The number of esters is 1. The Labute approximate surface area is 141 Å². The SMILES string of the molecule is CCOC(=O)C1CCCN(C(=O)C=Cc2ccc3c(c2)OCO3)C1. The van der Waals surface area contributed by atoms with E-state index in [1.165, 1.54) is 6.08 Å². The van der Waals surface area contributed by atoms with Crippen LogP contribution in [0.1, 0.15) is 25.3 Å². The number of hydrogen-bond acceptors (Lipinski definition) is 5. The standard InChI is InChI=1S/C18H21NO5/c1-2-22-18(21)14-4-3-9-19(11-14)17(20)8-6-13-5-7-15-16(10-13)24-12-23-15/h5-8,10,14H,2-4,9,11-12H2,1H3. The smallest absolute Gasteiger partial charge is 0.310 e. The van der Waals surface area contributed by atoms with Gasteiger partial charge in [-0.25, -0.2) is 0 Å². The van der Waals surface area contributed by atoms with Gasteiger partial charge < -0.3 is 19.1 Å². The first-order valence-electron chi connectivity index (χ1n) is 8.20. The zero-order valence-corrected chi connectivity index (χ0v) is 13.7. The molecule has 2 heterocycles. The first-order chi connectivity index (χ1) is 11.7. The highest BCUT2D eigenvalue weighted by Gasteiger charge is 2.28. The van der Waals surface area contributed by atoms with Crippen LogP contribution in [-0.4, -0.2) is 43.3 Å². The summed E-state index contributed by atoms with van der Waals surface area (Å²) in [7, 11) is 0. The normalized spacial score (nSPS) is 19.5. The Morgan fingerprint density at radius 2 is 2.17 bits per heavy atom. The molecule has 0 N–H and O–H groups in total. The number of piperidine rings is 1. The van der Waals surface area contributed by atoms with E-state index in [-0.39, 0.29) is 24.6 Å². The van der Waals surface area contributed by atoms with E-state index in [0.29, 0.717) is 31.2 Å². The quantitative estimate of drug-likeness (QED) is 0.625. The van der Waals surface area contributed by atoms with Crippen LogP contribution < -0.4 is 9.47 Å². The zero-order chi connectivity index (χ0) is 16.9. The molecule has 1 atom stereocenters. The number of carbonyl (C=O) groups excluding carboxylic acids is 2. The molecule has 3 rings (SSSR count). The molecule has 6 heteroatoms. The predicted octanol–water partition coefficient (Wildman–Crippen LogP) is 2.23. The number of likely N-dealkylation sites (tertiary alicyclic amines) is 1. The van der Waals surface area contributed by atoms with Crippen LogP contribution in [0.5, 0.6) is 11.5 Å². The molecule has 2 aliphatic rings. The summed E-state index contributed by atoms with van der Waals surface area (Å²) in [5.74, 6) is 0.870. The van der Waals surface area contributed by atoms with Gasteiger partial charge in [-0.2, -0.15) is 0 Å². The minimum Gasteiger partial charge on any atom is -0.466 e. The number of benzene rings is 1. The topological polar surface area (TPSA) is 65.1 Å². The van der Waals surface area contributed by atoms with E-state index in [9.17, 15) is 9.59 Å². The minimum absolute atomic E-state index is 0.0957. The second-order valence-electron chi connectivity index (χ2n) is 5.82. The molecule has 24 heavy (non-hydrogen) atoms. The third-order valence-electron chi connectivity index (χ3n) is 4.17. The third kappa shape index (κ3) is 3.69. The zero-order valence-electron chi connectivity index (χ0n) is 13.7. The third-order valence-corrected chi connectivity index (χ3v) is 4.17. The maximum atomic E-state index is 12.4. The summed E-state index contributed by atoms with van der Waals surface area (Å²) < 4.78 is 15.6. The van der Waals surface area contributed by atoms with Crippen molar-refractivity contribution >= 4 is 18.0 Å². The van der Waals surface area contributed by atoms with Crippen molar-refractivity contribution in [2.75, 3.05) is 26.5 Å². The number of fused-ring (bicyclic) bond motifs is 1. The molecule has 6 nitrogen and oxygen atoms in total. The molecule has 1 saturated heterocycles. The van der Waals surface area contributed by atoms with Gasteiger partial charge in [0.1, 0.15) is 0 Å². The van der Waals surface area contributed by atoms with Crippen LogP contribution in [0.25, 0.3) is 6.08 Å². The van der Waals surface area contributed by atoms with Crippen molar-refractivity contribution in [1.82, 2.24) is 4.90 Å². The van der Waals surface area contributed by atoms with Gasteiger partial charge in [0.25, 0.3) is 0 Å². The highest BCUT2D eigenvalue weighted by Crippen LogP contribution is 2.32. The second kappa shape index (κ2) is 7.38. The van der Waals surface area contributed by atoms with E-state index in [2.05, 4.69) is 0 Å². The number of hydrogen-bond donors (Lipinski definition) is 0. The number of amides is 1. The number of rotatable bonds is 4. The summed E-state index contributed by atoms with van der Waals surface area (Å²) in [4.78, 5) is 25.9. The molecular weight excluding hydrogens is 310 g/mol. The molecule has 1 unspecified atom stereocenters. The van der Waals surface area contributed by atoms with Crippen LogP contribution in [-0.2, 0) is 14.3 Å². The summed E-state index contributed by atoms with van der Waals surface area (Å²) in [6.07, 6.45) is 4.87. The molecule has 0 bridgehead atoms. The Bertz CT molecular complexity index is 655.